The van der Waals surface area contributed by atoms with E-state index in [1.165, 1.54) is 6.08 Å². The third-order valence-corrected chi connectivity index (χ3v) is 2.13. The summed E-state index contributed by atoms with van der Waals surface area (Å²) in [6.45, 7) is 2.83. The second-order valence-electron chi connectivity index (χ2n) is 3.47. The molecule has 0 aromatic carbocycles. The van der Waals surface area contributed by atoms with Crippen molar-refractivity contribution in [3.63, 3.8) is 0 Å². The zero-order valence-corrected chi connectivity index (χ0v) is 6.97. The van der Waals surface area contributed by atoms with Crippen LogP contribution in [-0.2, 0) is 0 Å². The van der Waals surface area contributed by atoms with Gasteiger partial charge in [0.25, 0.3) is 0 Å². The van der Waals surface area contributed by atoms with Gasteiger partial charge < -0.3 is 10.0 Å². The Morgan fingerprint density at radius 3 is 2.91 bits per heavy atom. The molecule has 64 valence electrons. The number of aliphatic hydroxyl groups excluding tert-OH is 1. The molecule has 1 heterocycles. The van der Waals surface area contributed by atoms with Crippen molar-refractivity contribution in [2.24, 2.45) is 5.41 Å². The van der Waals surface area contributed by atoms with Gasteiger partial charge in [0.05, 0.1) is 12.0 Å². The van der Waals surface area contributed by atoms with E-state index in [-0.39, 0.29) is 12.4 Å². The summed E-state index contributed by atoms with van der Waals surface area (Å²) in [6.07, 6.45) is 1.53. The molecular formula is C8H14FNO. The van der Waals surface area contributed by atoms with E-state index < -0.39 is 5.41 Å². The molecule has 0 bridgehead atoms. The number of hydrogen-bond donors (Lipinski definition) is 1. The fourth-order valence-corrected chi connectivity index (χ4v) is 1.34. The van der Waals surface area contributed by atoms with Crippen LogP contribution < -0.4 is 0 Å². The lowest BCUT2D eigenvalue weighted by atomic mass is 9.87. The average Bonchev–Trinajstić information content (AvgIpc) is 1.98. The van der Waals surface area contributed by atoms with Crippen LogP contribution in [0.5, 0.6) is 0 Å². The van der Waals surface area contributed by atoms with E-state index in [0.717, 1.165) is 0 Å². The van der Waals surface area contributed by atoms with Crippen LogP contribution in [-0.4, -0.2) is 36.8 Å². The lowest BCUT2D eigenvalue weighted by Gasteiger charge is -2.34. The highest BCUT2D eigenvalue weighted by molar-refractivity contribution is 5.11. The number of nitrogens with zero attached hydrogens (tertiary/aromatic N) is 1. The Bertz CT molecular complexity index is 181. The van der Waals surface area contributed by atoms with Gasteiger partial charge in [-0.1, -0.05) is 0 Å². The summed E-state index contributed by atoms with van der Waals surface area (Å²) >= 11 is 0. The fourth-order valence-electron chi connectivity index (χ4n) is 1.34. The Balaban J connectivity index is 2.79. The monoisotopic (exact) mass is 159 g/mol. The molecule has 0 radical (unpaired) electrons. The van der Waals surface area contributed by atoms with Gasteiger partial charge in [-0.25, -0.2) is 4.39 Å². The van der Waals surface area contributed by atoms with Crippen LogP contribution >= 0.6 is 0 Å². The van der Waals surface area contributed by atoms with E-state index in [0.29, 0.717) is 13.1 Å². The molecule has 0 aromatic rings. The first-order valence-corrected chi connectivity index (χ1v) is 3.74. The van der Waals surface area contributed by atoms with Crippen LogP contribution in [0.1, 0.15) is 6.92 Å². The van der Waals surface area contributed by atoms with Gasteiger partial charge in [-0.3, -0.25) is 0 Å². The largest absolute Gasteiger partial charge is 0.395 e. The number of rotatable bonds is 1. The summed E-state index contributed by atoms with van der Waals surface area (Å²) < 4.78 is 13.1. The van der Waals surface area contributed by atoms with Crippen LogP contribution in [0.25, 0.3) is 0 Å². The van der Waals surface area contributed by atoms with E-state index >= 15 is 0 Å². The molecule has 11 heavy (non-hydrogen) atoms. The molecule has 0 aromatic heterocycles. The molecular weight excluding hydrogens is 145 g/mol. The lowest BCUT2D eigenvalue weighted by Crippen LogP contribution is -2.40. The summed E-state index contributed by atoms with van der Waals surface area (Å²) in [4.78, 5) is 1.99. The van der Waals surface area contributed by atoms with Gasteiger partial charge in [-0.05, 0) is 20.0 Å². The Morgan fingerprint density at radius 1 is 1.82 bits per heavy atom. The Labute approximate surface area is 66.3 Å². The highest BCUT2D eigenvalue weighted by atomic mass is 19.1. The van der Waals surface area contributed by atoms with Crippen LogP contribution in [0.2, 0.25) is 0 Å². The molecule has 2 nitrogen and oxygen atoms in total. The van der Waals surface area contributed by atoms with Gasteiger partial charge in [-0.15, -0.1) is 0 Å². The predicted octanol–water partition coefficient (Wildman–Crippen LogP) is 0.784. The van der Waals surface area contributed by atoms with Crippen LogP contribution in [0.4, 0.5) is 4.39 Å². The molecule has 1 N–H and O–H groups in total. The summed E-state index contributed by atoms with van der Waals surface area (Å²) in [6, 6.07) is 0. The molecule has 3 heteroatoms. The van der Waals surface area contributed by atoms with Crippen molar-refractivity contribution in [3.05, 3.63) is 11.9 Å². The smallest absolute Gasteiger partial charge is 0.107 e. The fraction of sp³-hybridized carbons (Fsp3) is 0.750. The standard InChI is InChI=1S/C8H14FNO/c1-8(6-11)5-10(2)4-3-7(8)9/h3,11H,4-6H2,1-2H3. The lowest BCUT2D eigenvalue weighted by molar-refractivity contribution is 0.101. The molecule has 1 unspecified atom stereocenters. The van der Waals surface area contributed by atoms with Gasteiger partial charge in [0.15, 0.2) is 0 Å². The summed E-state index contributed by atoms with van der Waals surface area (Å²) in [5.74, 6) is -0.182. The first-order valence-electron chi connectivity index (χ1n) is 3.74. The Morgan fingerprint density at radius 2 is 2.45 bits per heavy atom. The van der Waals surface area contributed by atoms with Gasteiger partial charge in [-0.2, -0.15) is 0 Å². The quantitative estimate of drug-likeness (QED) is 0.611. The highest BCUT2D eigenvalue weighted by Gasteiger charge is 2.32. The number of aliphatic hydroxyl groups is 1. The molecule has 1 atom stereocenters. The van der Waals surface area contributed by atoms with Crippen molar-refractivity contribution >= 4 is 0 Å². The van der Waals surface area contributed by atoms with E-state index in [4.69, 9.17) is 5.11 Å². The average molecular weight is 159 g/mol. The summed E-state index contributed by atoms with van der Waals surface area (Å²) in [5, 5.41) is 8.93. The minimum Gasteiger partial charge on any atom is -0.395 e. The molecule has 0 saturated heterocycles. The number of hydrogen-bond acceptors (Lipinski definition) is 2. The number of halogens is 1. The minimum atomic E-state index is -0.674. The van der Waals surface area contributed by atoms with Crippen molar-refractivity contribution < 1.29 is 9.50 Å². The molecule has 0 fully saturated rings. The van der Waals surface area contributed by atoms with Gasteiger partial charge in [0.1, 0.15) is 5.83 Å². The van der Waals surface area contributed by atoms with Crippen LogP contribution in [0.15, 0.2) is 11.9 Å². The van der Waals surface area contributed by atoms with Crippen molar-refractivity contribution in [1.82, 2.24) is 4.90 Å². The summed E-state index contributed by atoms with van der Waals surface area (Å²) in [7, 11) is 1.91. The Kier molecular flexibility index (Phi) is 2.30. The molecule has 0 amide bonds. The van der Waals surface area contributed by atoms with Gasteiger partial charge >= 0.3 is 0 Å². The topological polar surface area (TPSA) is 23.5 Å². The molecule has 1 aliphatic heterocycles. The van der Waals surface area contributed by atoms with Crippen molar-refractivity contribution in [2.75, 3.05) is 26.7 Å². The highest BCUT2D eigenvalue weighted by Crippen LogP contribution is 2.30. The second kappa shape index (κ2) is 2.91. The van der Waals surface area contributed by atoms with E-state index in [1.54, 1.807) is 6.92 Å². The second-order valence-corrected chi connectivity index (χ2v) is 3.47. The predicted molar refractivity (Wildman–Crippen MR) is 41.9 cm³/mol. The first kappa shape index (κ1) is 8.68. The van der Waals surface area contributed by atoms with E-state index in [9.17, 15) is 4.39 Å². The van der Waals surface area contributed by atoms with Crippen molar-refractivity contribution in [2.45, 2.75) is 6.92 Å². The third-order valence-electron chi connectivity index (χ3n) is 2.13. The first-order chi connectivity index (χ1) is 5.08. The maximum atomic E-state index is 13.1. The normalized spacial score (nSPS) is 33.6. The van der Waals surface area contributed by atoms with Crippen molar-refractivity contribution in [3.8, 4) is 0 Å². The van der Waals surface area contributed by atoms with Crippen LogP contribution in [0, 0.1) is 5.41 Å². The van der Waals surface area contributed by atoms with E-state index in [1.807, 2.05) is 11.9 Å². The summed E-state index contributed by atoms with van der Waals surface area (Å²) in [5.41, 5.74) is -0.674. The third kappa shape index (κ3) is 1.60. The SMILES string of the molecule is CN1CC=C(F)C(C)(CO)C1. The van der Waals surface area contributed by atoms with Crippen LogP contribution in [0.3, 0.4) is 0 Å². The molecule has 1 rings (SSSR count). The Hall–Kier alpha value is -0.410. The number of likely N-dealkylation sites (N-methyl/N-ethyl adjacent to an activating group) is 1. The zero-order chi connectivity index (χ0) is 8.48. The molecule has 0 aliphatic carbocycles. The maximum Gasteiger partial charge on any atom is 0.107 e. The minimum absolute atomic E-state index is 0.125. The van der Waals surface area contributed by atoms with E-state index in [2.05, 4.69) is 0 Å². The van der Waals surface area contributed by atoms with Gasteiger partial charge in [0, 0.05) is 13.1 Å². The molecule has 0 saturated carbocycles. The zero-order valence-electron chi connectivity index (χ0n) is 6.97. The molecule has 1 aliphatic rings. The molecule has 0 spiro atoms. The maximum absolute atomic E-state index is 13.1. The van der Waals surface area contributed by atoms with Gasteiger partial charge in [0.2, 0.25) is 0 Å². The van der Waals surface area contributed by atoms with Crippen molar-refractivity contribution in [1.29, 1.82) is 0 Å².